The van der Waals surface area contributed by atoms with Crippen molar-refractivity contribution in [1.82, 2.24) is 0 Å². The van der Waals surface area contributed by atoms with Crippen LogP contribution >= 0.6 is 11.3 Å². The summed E-state index contributed by atoms with van der Waals surface area (Å²) < 4.78 is 11.4. The Morgan fingerprint density at radius 3 is 2.59 bits per heavy atom. The first-order valence-corrected chi connectivity index (χ1v) is 9.94. The van der Waals surface area contributed by atoms with Gasteiger partial charge in [0, 0.05) is 21.7 Å². The molecule has 0 aliphatic carbocycles. The van der Waals surface area contributed by atoms with Crippen LogP contribution in [0.5, 0.6) is 11.5 Å². The van der Waals surface area contributed by atoms with E-state index in [-0.39, 0.29) is 5.91 Å². The van der Waals surface area contributed by atoms with E-state index in [9.17, 15) is 4.79 Å². The van der Waals surface area contributed by atoms with Gasteiger partial charge in [0.1, 0.15) is 0 Å². The van der Waals surface area contributed by atoms with Gasteiger partial charge in [0.15, 0.2) is 11.5 Å². The van der Waals surface area contributed by atoms with E-state index in [4.69, 9.17) is 9.47 Å². The third kappa shape index (κ3) is 4.68. The number of carbonyl (C=O) groups is 1. The van der Waals surface area contributed by atoms with Crippen molar-refractivity contribution in [2.75, 3.05) is 18.5 Å². The molecular formula is C22H23NO3S. The fraction of sp³-hybridized carbons (Fsp3) is 0.227. The number of thiophene rings is 1. The Bertz CT molecular complexity index is 890. The van der Waals surface area contributed by atoms with Crippen molar-refractivity contribution in [3.05, 3.63) is 65.5 Å². The van der Waals surface area contributed by atoms with E-state index in [1.807, 2.05) is 55.6 Å². The fourth-order valence-electron chi connectivity index (χ4n) is 2.68. The number of para-hydroxylation sites is 1. The molecule has 4 nitrogen and oxygen atoms in total. The van der Waals surface area contributed by atoms with E-state index in [0.29, 0.717) is 30.3 Å². The van der Waals surface area contributed by atoms with Gasteiger partial charge in [0.25, 0.3) is 5.91 Å². The minimum Gasteiger partial charge on any atom is -0.490 e. The van der Waals surface area contributed by atoms with Crippen molar-refractivity contribution in [1.29, 1.82) is 0 Å². The molecule has 0 bridgehead atoms. The van der Waals surface area contributed by atoms with E-state index in [2.05, 4.69) is 5.32 Å². The van der Waals surface area contributed by atoms with Crippen LogP contribution in [0.1, 0.15) is 30.6 Å². The number of amides is 1. The monoisotopic (exact) mass is 381 g/mol. The van der Waals surface area contributed by atoms with E-state index in [0.717, 1.165) is 22.5 Å². The van der Waals surface area contributed by atoms with Gasteiger partial charge < -0.3 is 14.8 Å². The number of ether oxygens (including phenoxy) is 2. The Balaban J connectivity index is 1.84. The minimum absolute atomic E-state index is 0.179. The van der Waals surface area contributed by atoms with Crippen molar-refractivity contribution in [3.63, 3.8) is 0 Å². The third-order valence-corrected chi connectivity index (χ3v) is 4.83. The average Bonchev–Trinajstić information content (AvgIpc) is 3.22. The lowest BCUT2D eigenvalue weighted by Crippen LogP contribution is -2.13. The Morgan fingerprint density at radius 1 is 1.00 bits per heavy atom. The number of rotatable bonds is 8. The quantitative estimate of drug-likeness (QED) is 0.532. The summed E-state index contributed by atoms with van der Waals surface area (Å²) in [5, 5.41) is 5.04. The van der Waals surface area contributed by atoms with Crippen LogP contribution < -0.4 is 14.8 Å². The van der Waals surface area contributed by atoms with Crippen molar-refractivity contribution in [3.8, 4) is 21.9 Å². The third-order valence-electron chi connectivity index (χ3n) is 3.93. The van der Waals surface area contributed by atoms with Crippen LogP contribution in [0, 0.1) is 0 Å². The highest BCUT2D eigenvalue weighted by Gasteiger charge is 2.14. The standard InChI is InChI=1S/C22H23NO3S/c1-3-13-26-19-12-11-16(15-20(19)25-4-2)22(24)23-18-9-6-5-8-17(18)21-10-7-14-27-21/h5-12,14-15H,3-4,13H2,1-2H3,(H,23,24). The molecule has 5 heteroatoms. The summed E-state index contributed by atoms with van der Waals surface area (Å²) in [5.74, 6) is 1.07. The summed E-state index contributed by atoms with van der Waals surface area (Å²) in [6.07, 6.45) is 0.910. The van der Waals surface area contributed by atoms with Gasteiger partial charge in [-0.25, -0.2) is 0 Å². The first-order valence-electron chi connectivity index (χ1n) is 9.06. The number of nitrogens with one attached hydrogen (secondary N) is 1. The van der Waals surface area contributed by atoms with E-state index in [1.165, 1.54) is 0 Å². The smallest absolute Gasteiger partial charge is 0.255 e. The molecule has 1 amide bonds. The Hall–Kier alpha value is -2.79. The molecule has 0 aliphatic rings. The Kier molecular flexibility index (Phi) is 6.49. The van der Waals surface area contributed by atoms with Gasteiger partial charge in [0.05, 0.1) is 13.2 Å². The van der Waals surface area contributed by atoms with Crippen LogP contribution in [0.2, 0.25) is 0 Å². The lowest BCUT2D eigenvalue weighted by molar-refractivity contribution is 0.102. The van der Waals surface area contributed by atoms with Crippen LogP contribution in [0.3, 0.4) is 0 Å². The highest BCUT2D eigenvalue weighted by molar-refractivity contribution is 7.13. The van der Waals surface area contributed by atoms with Crippen LogP contribution in [-0.2, 0) is 0 Å². The zero-order chi connectivity index (χ0) is 19.1. The molecule has 1 aromatic heterocycles. The van der Waals surface area contributed by atoms with Gasteiger partial charge in [-0.3, -0.25) is 4.79 Å². The Labute approximate surface area is 163 Å². The molecule has 0 spiro atoms. The maximum Gasteiger partial charge on any atom is 0.255 e. The highest BCUT2D eigenvalue weighted by atomic mass is 32.1. The molecule has 1 heterocycles. The van der Waals surface area contributed by atoms with E-state index < -0.39 is 0 Å². The topological polar surface area (TPSA) is 47.6 Å². The summed E-state index contributed by atoms with van der Waals surface area (Å²) in [7, 11) is 0. The van der Waals surface area contributed by atoms with Gasteiger partial charge >= 0.3 is 0 Å². The lowest BCUT2D eigenvalue weighted by Gasteiger charge is -2.14. The highest BCUT2D eigenvalue weighted by Crippen LogP contribution is 2.32. The molecule has 0 saturated carbocycles. The molecule has 3 aromatic rings. The second-order valence-corrected chi connectivity index (χ2v) is 6.87. The summed E-state index contributed by atoms with van der Waals surface area (Å²) in [6.45, 7) is 5.08. The summed E-state index contributed by atoms with van der Waals surface area (Å²) in [5.41, 5.74) is 2.33. The Morgan fingerprint density at radius 2 is 1.85 bits per heavy atom. The molecule has 1 N–H and O–H groups in total. The predicted octanol–water partition coefficient (Wildman–Crippen LogP) is 5.85. The minimum atomic E-state index is -0.179. The molecule has 0 fully saturated rings. The predicted molar refractivity (Wildman–Crippen MR) is 111 cm³/mol. The zero-order valence-corrected chi connectivity index (χ0v) is 16.3. The van der Waals surface area contributed by atoms with Crippen LogP contribution in [-0.4, -0.2) is 19.1 Å². The van der Waals surface area contributed by atoms with Crippen molar-refractivity contribution >= 4 is 22.9 Å². The number of hydrogen-bond donors (Lipinski definition) is 1. The van der Waals surface area contributed by atoms with Gasteiger partial charge in [-0.2, -0.15) is 0 Å². The molecule has 3 rings (SSSR count). The molecule has 0 unspecified atom stereocenters. The second kappa shape index (κ2) is 9.24. The van der Waals surface area contributed by atoms with Crippen molar-refractivity contribution in [2.45, 2.75) is 20.3 Å². The number of anilines is 1. The normalized spacial score (nSPS) is 10.4. The number of hydrogen-bond acceptors (Lipinski definition) is 4. The SMILES string of the molecule is CCCOc1ccc(C(=O)Nc2ccccc2-c2cccs2)cc1OCC. The molecule has 140 valence electrons. The van der Waals surface area contributed by atoms with Crippen molar-refractivity contribution in [2.24, 2.45) is 0 Å². The van der Waals surface area contributed by atoms with E-state index in [1.54, 1.807) is 29.5 Å². The molecule has 0 atom stereocenters. The van der Waals surface area contributed by atoms with Crippen LogP contribution in [0.25, 0.3) is 10.4 Å². The van der Waals surface area contributed by atoms with Crippen molar-refractivity contribution < 1.29 is 14.3 Å². The molecule has 0 radical (unpaired) electrons. The maximum absolute atomic E-state index is 12.8. The number of benzene rings is 2. The summed E-state index contributed by atoms with van der Waals surface area (Å²) in [6, 6.07) is 17.1. The molecular weight excluding hydrogens is 358 g/mol. The largest absolute Gasteiger partial charge is 0.490 e. The van der Waals surface area contributed by atoms with Crippen LogP contribution in [0.15, 0.2) is 60.0 Å². The first-order chi connectivity index (χ1) is 13.2. The average molecular weight is 381 g/mol. The number of carbonyl (C=O) groups excluding carboxylic acids is 1. The zero-order valence-electron chi connectivity index (χ0n) is 15.5. The van der Waals surface area contributed by atoms with Gasteiger partial charge in [-0.05, 0) is 49.1 Å². The second-order valence-electron chi connectivity index (χ2n) is 5.92. The molecule has 0 aliphatic heterocycles. The summed E-state index contributed by atoms with van der Waals surface area (Å²) >= 11 is 1.64. The fourth-order valence-corrected chi connectivity index (χ4v) is 3.45. The van der Waals surface area contributed by atoms with Gasteiger partial charge in [-0.15, -0.1) is 11.3 Å². The van der Waals surface area contributed by atoms with Crippen LogP contribution in [0.4, 0.5) is 5.69 Å². The van der Waals surface area contributed by atoms with E-state index >= 15 is 0 Å². The molecule has 2 aromatic carbocycles. The molecule has 27 heavy (non-hydrogen) atoms. The maximum atomic E-state index is 12.8. The first kappa shape index (κ1) is 19.0. The summed E-state index contributed by atoms with van der Waals surface area (Å²) in [4.78, 5) is 13.9. The lowest BCUT2D eigenvalue weighted by atomic mass is 10.1. The molecule has 0 saturated heterocycles. The van der Waals surface area contributed by atoms with Gasteiger partial charge in [-0.1, -0.05) is 31.2 Å². The van der Waals surface area contributed by atoms with Gasteiger partial charge in [0.2, 0.25) is 0 Å².